The Kier molecular flexibility index (Phi) is 8.40. The van der Waals surface area contributed by atoms with E-state index >= 15 is 0 Å². The lowest BCUT2D eigenvalue weighted by atomic mass is 9.50. The summed E-state index contributed by atoms with van der Waals surface area (Å²) in [5.74, 6) is -11.8. The number of nitrogens with one attached hydrogen (secondary N) is 2. The lowest BCUT2D eigenvalue weighted by molar-refractivity contribution is -0.184. The Bertz CT molecular complexity index is 1490. The molecule has 5 rings (SSSR count). The van der Waals surface area contributed by atoms with Gasteiger partial charge in [-0.05, 0) is 77.5 Å². The van der Waals surface area contributed by atoms with Crippen molar-refractivity contribution < 1.29 is 39.0 Å². The van der Waals surface area contributed by atoms with Crippen molar-refractivity contribution in [2.24, 2.45) is 35.3 Å². The number of Topliss-reactive ketones (excluding diaryl/α,β-unsaturated/α-hetero) is 4. The Morgan fingerprint density at radius 1 is 1.04 bits per heavy atom. The van der Waals surface area contributed by atoms with E-state index < -0.39 is 82.1 Å². The molecule has 2 unspecified atom stereocenters. The molecule has 7 atom stereocenters. The summed E-state index contributed by atoms with van der Waals surface area (Å²) in [6, 6.07) is -0.545. The molecule has 6 N–H and O–H groups in total. The number of likely N-dealkylation sites (N-methyl/N-ethyl adjacent to an activating group) is 2. The number of carbonyl (C=O) groups is 6. The predicted octanol–water partition coefficient (Wildman–Crippen LogP) is -1.59. The number of carbonyl (C=O) groups excluding carboxylic acids is 6. The summed E-state index contributed by atoms with van der Waals surface area (Å²) in [7, 11) is 10.00. The number of hydrogen-bond acceptors (Lipinski definition) is 12. The first-order valence-corrected chi connectivity index (χ1v) is 15.1. The fourth-order valence-corrected chi connectivity index (χ4v) is 7.58. The van der Waals surface area contributed by atoms with E-state index in [9.17, 15) is 39.0 Å². The summed E-state index contributed by atoms with van der Waals surface area (Å²) in [6.45, 7) is 0.475. The van der Waals surface area contributed by atoms with Crippen molar-refractivity contribution in [1.82, 2.24) is 15.1 Å². The number of amides is 2. The second-order valence-electron chi connectivity index (χ2n) is 13.6. The van der Waals surface area contributed by atoms with Crippen LogP contribution in [0.5, 0.6) is 5.75 Å². The SMILES string of the molecule is CN(C)CC(=O)Nc1cc(N(C)C)c2c(c1O)C(=O)C1C(=O)[C@]3(O)C(=O)C(C(N)=O)C(=O)[C@@H](N(C)C)[C@@H]3[C@@H](NCC3CC3)[C@@H]1C2. The molecule has 0 saturated heterocycles. The summed E-state index contributed by atoms with van der Waals surface area (Å²) >= 11 is 0. The zero-order valence-corrected chi connectivity index (χ0v) is 26.4. The van der Waals surface area contributed by atoms with Gasteiger partial charge < -0.3 is 36.4 Å². The van der Waals surface area contributed by atoms with Gasteiger partial charge in [0.1, 0.15) is 5.75 Å². The summed E-state index contributed by atoms with van der Waals surface area (Å²) in [5.41, 5.74) is 3.35. The highest BCUT2D eigenvalue weighted by atomic mass is 16.3. The maximum atomic E-state index is 14.4. The third-order valence-electron chi connectivity index (χ3n) is 9.72. The smallest absolute Gasteiger partial charge is 0.238 e. The summed E-state index contributed by atoms with van der Waals surface area (Å²) in [4.78, 5) is 86.3. The van der Waals surface area contributed by atoms with Gasteiger partial charge in [0, 0.05) is 31.7 Å². The number of benzene rings is 1. The van der Waals surface area contributed by atoms with E-state index in [-0.39, 0.29) is 24.2 Å². The molecule has 0 heterocycles. The van der Waals surface area contributed by atoms with Gasteiger partial charge in [-0.2, -0.15) is 0 Å². The van der Waals surface area contributed by atoms with Crippen LogP contribution in [0.4, 0.5) is 11.4 Å². The van der Waals surface area contributed by atoms with E-state index in [0.29, 0.717) is 23.7 Å². The second-order valence-corrected chi connectivity index (χ2v) is 13.6. The normalized spacial score (nSPS) is 31.0. The molecule has 0 bridgehead atoms. The molecule has 14 heteroatoms. The van der Waals surface area contributed by atoms with Crippen molar-refractivity contribution in [1.29, 1.82) is 0 Å². The number of nitrogens with two attached hydrogens (primary N) is 1. The number of phenolic OH excluding ortho intramolecular Hbond substituents is 1. The van der Waals surface area contributed by atoms with Gasteiger partial charge in [-0.15, -0.1) is 0 Å². The maximum Gasteiger partial charge on any atom is 0.238 e. The molecule has 0 spiro atoms. The quantitative estimate of drug-likeness (QED) is 0.156. The zero-order chi connectivity index (χ0) is 33.3. The Balaban J connectivity index is 1.70. The molecule has 0 aliphatic heterocycles. The van der Waals surface area contributed by atoms with Crippen molar-refractivity contribution in [3.63, 3.8) is 0 Å². The number of aliphatic hydroxyl groups is 1. The Hall–Kier alpha value is -3.72. The summed E-state index contributed by atoms with van der Waals surface area (Å²) in [6.07, 6.45) is 2.01. The molecule has 1 aromatic rings. The lowest BCUT2D eigenvalue weighted by Crippen LogP contribution is -2.79. The number of primary amides is 1. The first kappa shape index (κ1) is 32.7. The van der Waals surface area contributed by atoms with E-state index in [1.54, 1.807) is 58.2 Å². The molecule has 4 aliphatic rings. The average Bonchev–Trinajstić information content (AvgIpc) is 3.75. The minimum Gasteiger partial charge on any atom is -0.505 e. The first-order chi connectivity index (χ1) is 21.0. The number of ketones is 4. The van der Waals surface area contributed by atoms with Gasteiger partial charge >= 0.3 is 0 Å². The number of anilines is 2. The van der Waals surface area contributed by atoms with Crippen molar-refractivity contribution >= 4 is 46.3 Å². The molecule has 0 aromatic heterocycles. The zero-order valence-electron chi connectivity index (χ0n) is 26.4. The lowest BCUT2D eigenvalue weighted by Gasteiger charge is -2.56. The molecular weight excluding hydrogens is 584 g/mol. The van der Waals surface area contributed by atoms with Crippen LogP contribution in [-0.4, -0.2) is 128 Å². The minimum absolute atomic E-state index is 0.00260. The third-order valence-corrected chi connectivity index (χ3v) is 9.72. The standard InChI is InChI=1S/C31H42N6O8/c1-35(2)12-18(38)34-16-10-17(36(3)4)14-9-15-20(26(40)19(14)25(16)39)28(42)31(45)22(23(15)33-11-13-7-8-13)24(37(5)6)27(41)21(29(31)43)30(32)44/h10,13,15,20-24,33,39,45H,7-9,11-12H2,1-6H3,(H2,32,44)(H,34,38)/t15-,20?,21?,22+,23+,24+,31+/m1/s1. The van der Waals surface area contributed by atoms with Crippen molar-refractivity contribution in [3.05, 3.63) is 17.2 Å². The number of phenols is 1. The van der Waals surface area contributed by atoms with Crippen molar-refractivity contribution in [2.45, 2.75) is 36.9 Å². The maximum absolute atomic E-state index is 14.4. The number of aromatic hydroxyl groups is 1. The van der Waals surface area contributed by atoms with E-state index in [0.717, 1.165) is 12.8 Å². The van der Waals surface area contributed by atoms with Crippen LogP contribution < -0.4 is 21.3 Å². The van der Waals surface area contributed by atoms with Crippen LogP contribution in [0.1, 0.15) is 28.8 Å². The van der Waals surface area contributed by atoms with Gasteiger partial charge in [0.15, 0.2) is 34.7 Å². The highest BCUT2D eigenvalue weighted by Crippen LogP contribution is 2.53. The largest absolute Gasteiger partial charge is 0.505 e. The van der Waals surface area contributed by atoms with Crippen LogP contribution in [0.3, 0.4) is 0 Å². The van der Waals surface area contributed by atoms with Crippen LogP contribution in [0, 0.1) is 29.6 Å². The number of rotatable bonds is 9. The van der Waals surface area contributed by atoms with Gasteiger partial charge in [0.25, 0.3) is 0 Å². The molecular formula is C31H42N6O8. The van der Waals surface area contributed by atoms with Gasteiger partial charge in [-0.3, -0.25) is 33.7 Å². The highest BCUT2D eigenvalue weighted by Gasteiger charge is 2.72. The van der Waals surface area contributed by atoms with Crippen LogP contribution in [-0.2, 0) is 30.4 Å². The van der Waals surface area contributed by atoms with Crippen molar-refractivity contribution in [2.75, 3.05) is 65.6 Å². The molecule has 2 amide bonds. The van der Waals surface area contributed by atoms with Gasteiger partial charge in [0.2, 0.25) is 11.8 Å². The third kappa shape index (κ3) is 5.23. The number of hydrogen-bond donors (Lipinski definition) is 5. The van der Waals surface area contributed by atoms with Crippen LogP contribution >= 0.6 is 0 Å². The first-order valence-electron chi connectivity index (χ1n) is 15.1. The van der Waals surface area contributed by atoms with E-state index in [4.69, 9.17) is 5.73 Å². The van der Waals surface area contributed by atoms with Gasteiger partial charge in [0.05, 0.1) is 29.8 Å². The fraction of sp³-hybridized carbons (Fsp3) is 0.613. The van der Waals surface area contributed by atoms with E-state index in [1.165, 1.54) is 4.90 Å². The minimum atomic E-state index is -2.88. The number of fused-ring (bicyclic) bond motifs is 3. The topological polar surface area (TPSA) is 203 Å². The number of nitrogens with zero attached hydrogens (tertiary/aromatic N) is 3. The molecule has 1 aromatic carbocycles. The second kappa shape index (κ2) is 11.6. The average molecular weight is 627 g/mol. The van der Waals surface area contributed by atoms with Crippen LogP contribution in [0.15, 0.2) is 6.07 Å². The molecule has 244 valence electrons. The molecule has 3 fully saturated rings. The Labute approximate surface area is 261 Å². The Morgan fingerprint density at radius 2 is 1.69 bits per heavy atom. The van der Waals surface area contributed by atoms with Gasteiger partial charge in [-0.25, -0.2) is 0 Å². The van der Waals surface area contributed by atoms with E-state index in [2.05, 4.69) is 10.6 Å². The van der Waals surface area contributed by atoms with Crippen LogP contribution in [0.25, 0.3) is 0 Å². The Morgan fingerprint density at radius 3 is 2.22 bits per heavy atom. The molecule has 0 radical (unpaired) electrons. The van der Waals surface area contributed by atoms with Crippen LogP contribution in [0.2, 0.25) is 0 Å². The van der Waals surface area contributed by atoms with Crippen molar-refractivity contribution in [3.8, 4) is 5.75 Å². The highest BCUT2D eigenvalue weighted by molar-refractivity contribution is 6.32. The fourth-order valence-electron chi connectivity index (χ4n) is 7.58. The van der Waals surface area contributed by atoms with Gasteiger partial charge in [-0.1, -0.05) is 0 Å². The summed E-state index contributed by atoms with van der Waals surface area (Å²) < 4.78 is 0. The monoisotopic (exact) mass is 626 g/mol. The summed E-state index contributed by atoms with van der Waals surface area (Å²) in [5, 5.41) is 29.7. The molecule has 3 saturated carbocycles. The predicted molar refractivity (Wildman–Crippen MR) is 163 cm³/mol. The molecule has 4 aliphatic carbocycles. The van der Waals surface area contributed by atoms with E-state index in [1.807, 2.05) is 0 Å². The molecule has 14 nitrogen and oxygen atoms in total. The molecule has 45 heavy (non-hydrogen) atoms.